The zero-order valence-electron chi connectivity index (χ0n) is 8.30. The summed E-state index contributed by atoms with van der Waals surface area (Å²) in [4.78, 5) is 27.8. The Morgan fingerprint density at radius 1 is 1.47 bits per heavy atom. The molecule has 1 aromatic rings. The van der Waals surface area contributed by atoms with Gasteiger partial charge in [-0.2, -0.15) is 0 Å². The van der Waals surface area contributed by atoms with Gasteiger partial charge in [-0.25, -0.2) is 0 Å². The van der Waals surface area contributed by atoms with Crippen LogP contribution in [0.15, 0.2) is 30.1 Å². The smallest absolute Gasteiger partial charge is 0.256 e. The van der Waals surface area contributed by atoms with Crippen LogP contribution in [0.4, 0.5) is 0 Å². The molecular weight excluding hydrogens is 192 g/mol. The molecular formula is C11H10N2O2. The molecule has 0 N–H and O–H groups in total. The Morgan fingerprint density at radius 2 is 2.27 bits per heavy atom. The lowest BCUT2D eigenvalue weighted by Crippen LogP contribution is -2.23. The number of carbonyl (C=O) groups is 2. The summed E-state index contributed by atoms with van der Waals surface area (Å²) >= 11 is 0. The third kappa shape index (κ3) is 1.79. The van der Waals surface area contributed by atoms with E-state index in [1.54, 1.807) is 24.5 Å². The summed E-state index contributed by atoms with van der Waals surface area (Å²) < 4.78 is 0. The number of likely N-dealkylation sites (tertiary alicyclic amines) is 1. The average Bonchev–Trinajstić information content (AvgIpc) is 2.48. The Balaban J connectivity index is 2.30. The van der Waals surface area contributed by atoms with Crippen LogP contribution in [0, 0.1) is 0 Å². The molecule has 1 aromatic heterocycles. The number of aromatic nitrogens is 1. The summed E-state index contributed by atoms with van der Waals surface area (Å²) in [5, 5.41) is 0. The topological polar surface area (TPSA) is 50.3 Å². The van der Waals surface area contributed by atoms with Crippen molar-refractivity contribution in [2.45, 2.75) is 6.42 Å². The van der Waals surface area contributed by atoms with E-state index in [4.69, 9.17) is 0 Å². The van der Waals surface area contributed by atoms with Gasteiger partial charge >= 0.3 is 0 Å². The fourth-order valence-electron chi connectivity index (χ4n) is 1.46. The number of likely N-dealkylation sites (N-methyl/N-ethyl adjacent to an activating group) is 1. The third-order valence-corrected chi connectivity index (χ3v) is 2.32. The first-order chi connectivity index (χ1) is 7.18. The lowest BCUT2D eigenvalue weighted by molar-refractivity contribution is -0.135. The number of amides is 2. The first-order valence-electron chi connectivity index (χ1n) is 4.60. The summed E-state index contributed by atoms with van der Waals surface area (Å²) in [5.74, 6) is -0.376. The fraction of sp³-hybridized carbons (Fsp3) is 0.182. The minimum Gasteiger partial charge on any atom is -0.282 e. The largest absolute Gasteiger partial charge is 0.282 e. The molecule has 4 nitrogen and oxygen atoms in total. The van der Waals surface area contributed by atoms with Crippen molar-refractivity contribution in [3.05, 3.63) is 35.7 Å². The molecule has 0 atom stereocenters. The van der Waals surface area contributed by atoms with Gasteiger partial charge in [-0.05, 0) is 17.7 Å². The standard InChI is InChI=1S/C11H10N2O2/c1-13-10(14)6-9(11(13)15)5-8-3-2-4-12-7-8/h2-5,7H,6H2,1H3/b9-5+. The van der Waals surface area contributed by atoms with Crippen molar-refractivity contribution < 1.29 is 9.59 Å². The molecule has 0 aromatic carbocycles. The van der Waals surface area contributed by atoms with Gasteiger partial charge in [0.15, 0.2) is 0 Å². The van der Waals surface area contributed by atoms with Crippen LogP contribution >= 0.6 is 0 Å². The number of carbonyl (C=O) groups excluding carboxylic acids is 2. The molecule has 76 valence electrons. The van der Waals surface area contributed by atoms with Crippen LogP contribution in [0.2, 0.25) is 0 Å². The second kappa shape index (κ2) is 3.65. The van der Waals surface area contributed by atoms with E-state index in [-0.39, 0.29) is 18.2 Å². The average molecular weight is 202 g/mol. The van der Waals surface area contributed by atoms with E-state index in [0.29, 0.717) is 5.57 Å². The van der Waals surface area contributed by atoms with Gasteiger partial charge in [0.2, 0.25) is 5.91 Å². The van der Waals surface area contributed by atoms with E-state index < -0.39 is 0 Å². The van der Waals surface area contributed by atoms with Gasteiger partial charge in [0.1, 0.15) is 0 Å². The molecule has 2 amide bonds. The van der Waals surface area contributed by atoms with Crippen molar-refractivity contribution in [1.29, 1.82) is 0 Å². The van der Waals surface area contributed by atoms with Crippen LogP contribution in [0.1, 0.15) is 12.0 Å². The van der Waals surface area contributed by atoms with E-state index in [1.165, 1.54) is 7.05 Å². The SMILES string of the molecule is CN1C(=O)C/C(=C\c2cccnc2)C1=O. The predicted molar refractivity (Wildman–Crippen MR) is 54.6 cm³/mol. The quantitative estimate of drug-likeness (QED) is 0.501. The lowest BCUT2D eigenvalue weighted by Gasteiger charge is -2.02. The second-order valence-electron chi connectivity index (χ2n) is 3.39. The van der Waals surface area contributed by atoms with Crippen LogP contribution < -0.4 is 0 Å². The van der Waals surface area contributed by atoms with Crippen molar-refractivity contribution >= 4 is 17.9 Å². The molecule has 0 radical (unpaired) electrons. The minimum absolute atomic E-state index is 0.157. The summed E-state index contributed by atoms with van der Waals surface area (Å²) in [6.45, 7) is 0. The number of imide groups is 1. The summed E-state index contributed by atoms with van der Waals surface area (Å²) in [6.07, 6.45) is 5.21. The van der Waals surface area contributed by atoms with Gasteiger partial charge in [-0.1, -0.05) is 6.07 Å². The highest BCUT2D eigenvalue weighted by molar-refractivity contribution is 6.15. The van der Waals surface area contributed by atoms with E-state index in [1.807, 2.05) is 6.07 Å². The number of pyridine rings is 1. The van der Waals surface area contributed by atoms with E-state index in [9.17, 15) is 9.59 Å². The molecule has 0 bridgehead atoms. The highest BCUT2D eigenvalue weighted by Crippen LogP contribution is 2.19. The van der Waals surface area contributed by atoms with Crippen LogP contribution in [-0.4, -0.2) is 28.7 Å². The molecule has 0 unspecified atom stereocenters. The first kappa shape index (κ1) is 9.58. The zero-order chi connectivity index (χ0) is 10.8. The van der Waals surface area contributed by atoms with Gasteiger partial charge in [0.05, 0.1) is 6.42 Å². The van der Waals surface area contributed by atoms with Gasteiger partial charge in [0.25, 0.3) is 5.91 Å². The van der Waals surface area contributed by atoms with E-state index in [2.05, 4.69) is 4.98 Å². The van der Waals surface area contributed by atoms with Crippen LogP contribution in [0.3, 0.4) is 0 Å². The summed E-state index contributed by atoms with van der Waals surface area (Å²) in [5.41, 5.74) is 1.36. The van der Waals surface area contributed by atoms with Crippen LogP contribution in [-0.2, 0) is 9.59 Å². The number of nitrogens with zero attached hydrogens (tertiary/aromatic N) is 2. The highest BCUT2D eigenvalue weighted by atomic mass is 16.2. The molecule has 1 aliphatic heterocycles. The maximum atomic E-state index is 11.5. The van der Waals surface area contributed by atoms with Crippen LogP contribution in [0.25, 0.3) is 6.08 Å². The Bertz CT molecular complexity index is 437. The van der Waals surface area contributed by atoms with Crippen molar-refractivity contribution in [3.8, 4) is 0 Å². The van der Waals surface area contributed by atoms with Crippen LogP contribution in [0.5, 0.6) is 0 Å². The molecule has 4 heteroatoms. The van der Waals surface area contributed by atoms with E-state index in [0.717, 1.165) is 10.5 Å². The van der Waals surface area contributed by atoms with Gasteiger partial charge < -0.3 is 0 Å². The second-order valence-corrected chi connectivity index (χ2v) is 3.39. The van der Waals surface area contributed by atoms with Gasteiger partial charge in [-0.3, -0.25) is 19.5 Å². The number of rotatable bonds is 1. The summed E-state index contributed by atoms with van der Waals surface area (Å²) in [7, 11) is 1.49. The molecule has 0 spiro atoms. The third-order valence-electron chi connectivity index (χ3n) is 2.32. The molecule has 15 heavy (non-hydrogen) atoms. The maximum absolute atomic E-state index is 11.5. The molecule has 2 rings (SSSR count). The Kier molecular flexibility index (Phi) is 2.33. The predicted octanol–water partition coefficient (Wildman–Crippen LogP) is 0.854. The normalized spacial score (nSPS) is 19.0. The van der Waals surface area contributed by atoms with Gasteiger partial charge in [0, 0.05) is 25.0 Å². The molecule has 0 saturated carbocycles. The van der Waals surface area contributed by atoms with Gasteiger partial charge in [-0.15, -0.1) is 0 Å². The first-order valence-corrected chi connectivity index (χ1v) is 4.60. The monoisotopic (exact) mass is 202 g/mol. The lowest BCUT2D eigenvalue weighted by atomic mass is 10.1. The summed E-state index contributed by atoms with van der Waals surface area (Å²) in [6, 6.07) is 3.63. The Hall–Kier alpha value is -1.97. The zero-order valence-corrected chi connectivity index (χ0v) is 8.30. The Morgan fingerprint density at radius 3 is 2.80 bits per heavy atom. The molecule has 1 aliphatic rings. The fourth-order valence-corrected chi connectivity index (χ4v) is 1.46. The van der Waals surface area contributed by atoms with Crippen molar-refractivity contribution in [1.82, 2.24) is 9.88 Å². The molecule has 1 fully saturated rings. The van der Waals surface area contributed by atoms with Crippen molar-refractivity contribution in [3.63, 3.8) is 0 Å². The number of hydrogen-bond acceptors (Lipinski definition) is 3. The van der Waals surface area contributed by atoms with Crippen molar-refractivity contribution in [2.24, 2.45) is 0 Å². The molecule has 1 saturated heterocycles. The molecule has 2 heterocycles. The minimum atomic E-state index is -0.219. The maximum Gasteiger partial charge on any atom is 0.256 e. The number of hydrogen-bond donors (Lipinski definition) is 0. The Labute approximate surface area is 87.2 Å². The van der Waals surface area contributed by atoms with Crippen molar-refractivity contribution in [2.75, 3.05) is 7.05 Å². The highest BCUT2D eigenvalue weighted by Gasteiger charge is 2.30. The van der Waals surface area contributed by atoms with E-state index >= 15 is 0 Å². The molecule has 0 aliphatic carbocycles.